The molecule has 0 saturated carbocycles. The molecule has 0 amide bonds. The van der Waals surface area contributed by atoms with Crippen LogP contribution < -0.4 is 14.9 Å². The normalized spacial score (nSPS) is 25.8. The van der Waals surface area contributed by atoms with Crippen LogP contribution in [0.2, 0.25) is 0 Å². The van der Waals surface area contributed by atoms with Gasteiger partial charge < -0.3 is 33.7 Å². The van der Waals surface area contributed by atoms with Gasteiger partial charge in [-0.05, 0) is 41.5 Å². The van der Waals surface area contributed by atoms with Crippen molar-refractivity contribution >= 4 is 30.8 Å². The van der Waals surface area contributed by atoms with Crippen molar-refractivity contribution in [2.45, 2.75) is 77.7 Å². The Hall–Kier alpha value is -2.72. The molecule has 3 heterocycles. The lowest BCUT2D eigenvalue weighted by Crippen LogP contribution is -2.45. The van der Waals surface area contributed by atoms with Gasteiger partial charge in [0.2, 0.25) is 5.88 Å². The molecule has 1 saturated heterocycles. The van der Waals surface area contributed by atoms with Crippen LogP contribution in [0.3, 0.4) is 0 Å². The zero-order valence-corrected chi connectivity index (χ0v) is 24.4. The first-order chi connectivity index (χ1) is 18.8. The lowest BCUT2D eigenvalue weighted by molar-refractivity contribution is -0.145. The SMILES string of the molecule is CCOC(=O)C(C)NP(=O)(NC(C)C(=O)OCC)OC[C@H]1O[C@@H](n2cnc3c(OC)nc(C)nc32)C(C)(O)[C@H]1O. The van der Waals surface area contributed by atoms with Gasteiger partial charge in [-0.15, -0.1) is 0 Å². The lowest BCUT2D eigenvalue weighted by atomic mass is 9.96. The zero-order valence-electron chi connectivity index (χ0n) is 23.5. The summed E-state index contributed by atoms with van der Waals surface area (Å²) in [5.74, 6) is -0.786. The Morgan fingerprint density at radius 1 is 1.18 bits per heavy atom. The second-order valence-corrected chi connectivity index (χ2v) is 11.2. The van der Waals surface area contributed by atoms with E-state index in [0.717, 1.165) is 0 Å². The number of aliphatic hydroxyl groups is 2. The van der Waals surface area contributed by atoms with E-state index in [1.54, 1.807) is 20.8 Å². The maximum Gasteiger partial charge on any atom is 0.342 e. The summed E-state index contributed by atoms with van der Waals surface area (Å²) < 4.78 is 42.0. The molecule has 0 aromatic carbocycles. The number of ether oxygens (including phenoxy) is 4. The largest absolute Gasteiger partial charge is 0.479 e. The minimum Gasteiger partial charge on any atom is -0.479 e. The topological polar surface area (TPSA) is 205 Å². The van der Waals surface area contributed by atoms with E-state index in [2.05, 4.69) is 25.1 Å². The van der Waals surface area contributed by atoms with Gasteiger partial charge in [0.25, 0.3) is 0 Å². The van der Waals surface area contributed by atoms with E-state index < -0.39 is 62.3 Å². The molecule has 6 atom stereocenters. The predicted molar refractivity (Wildman–Crippen MR) is 139 cm³/mol. The number of methoxy groups -OCH3 is 1. The minimum absolute atomic E-state index is 0.0977. The van der Waals surface area contributed by atoms with Gasteiger partial charge in [-0.3, -0.25) is 18.7 Å². The minimum atomic E-state index is -4.17. The average molecular weight is 589 g/mol. The van der Waals surface area contributed by atoms with E-state index in [4.69, 9.17) is 23.5 Å². The number of aryl methyl sites for hydroxylation is 1. The van der Waals surface area contributed by atoms with Crippen LogP contribution in [0.5, 0.6) is 5.88 Å². The molecule has 3 rings (SSSR count). The summed E-state index contributed by atoms with van der Waals surface area (Å²) in [4.78, 5) is 37.2. The van der Waals surface area contributed by atoms with Crippen molar-refractivity contribution in [3.63, 3.8) is 0 Å². The molecular weight excluding hydrogens is 551 g/mol. The summed E-state index contributed by atoms with van der Waals surface area (Å²) >= 11 is 0. The van der Waals surface area contributed by atoms with Crippen molar-refractivity contribution in [1.29, 1.82) is 0 Å². The van der Waals surface area contributed by atoms with Gasteiger partial charge in [0.05, 0.1) is 33.3 Å². The standard InChI is InChI=1S/C23H37N6O10P/c1-8-36-20(31)12(3)27-40(34,28-13(4)21(32)37-9-2)38-10-15-17(30)23(6,33)22(39-15)29-11-24-16-18(29)25-14(5)26-19(16)35-7/h11-13,15,17,22,30,33H,8-10H2,1-7H3,(H2,27,28,34)/t12?,13?,15-,17+,22-,23?,40?/m1/s1. The fraction of sp³-hybridized carbons (Fsp3) is 0.696. The molecule has 0 aliphatic carbocycles. The zero-order chi connectivity index (χ0) is 29.8. The highest BCUT2D eigenvalue weighted by atomic mass is 31.2. The number of carbonyl (C=O) groups excluding carboxylic acids is 2. The highest BCUT2D eigenvalue weighted by molar-refractivity contribution is 7.54. The van der Waals surface area contributed by atoms with Gasteiger partial charge in [-0.2, -0.15) is 4.98 Å². The summed E-state index contributed by atoms with van der Waals surface area (Å²) in [5, 5.41) is 27.3. The molecule has 2 aromatic rings. The van der Waals surface area contributed by atoms with Gasteiger partial charge in [0.1, 0.15) is 35.7 Å². The van der Waals surface area contributed by atoms with Crippen LogP contribution in [-0.4, -0.2) is 98.5 Å². The summed E-state index contributed by atoms with van der Waals surface area (Å²) in [5.41, 5.74) is -1.25. The van der Waals surface area contributed by atoms with Crippen molar-refractivity contribution in [3.8, 4) is 5.88 Å². The van der Waals surface area contributed by atoms with Crippen molar-refractivity contribution in [1.82, 2.24) is 29.7 Å². The first kappa shape index (κ1) is 31.8. The molecule has 4 N–H and O–H groups in total. The highest BCUT2D eigenvalue weighted by Crippen LogP contribution is 2.44. The molecule has 1 fully saturated rings. The second-order valence-electron chi connectivity index (χ2n) is 9.35. The number of rotatable bonds is 13. The molecule has 0 radical (unpaired) electrons. The Balaban J connectivity index is 1.84. The molecule has 3 unspecified atom stereocenters. The third-order valence-electron chi connectivity index (χ3n) is 6.13. The number of fused-ring (bicyclic) bond motifs is 1. The van der Waals surface area contributed by atoms with E-state index in [1.807, 2.05) is 0 Å². The van der Waals surface area contributed by atoms with Crippen LogP contribution in [0, 0.1) is 6.92 Å². The number of aliphatic hydroxyl groups excluding tert-OH is 1. The van der Waals surface area contributed by atoms with Crippen LogP contribution in [-0.2, 0) is 32.9 Å². The van der Waals surface area contributed by atoms with Gasteiger partial charge >= 0.3 is 19.6 Å². The Bertz CT molecular complexity index is 1230. The molecule has 17 heteroatoms. The van der Waals surface area contributed by atoms with Gasteiger partial charge in [0, 0.05) is 0 Å². The Labute approximate surface area is 231 Å². The van der Waals surface area contributed by atoms with Crippen molar-refractivity contribution in [2.24, 2.45) is 0 Å². The molecule has 0 spiro atoms. The molecule has 2 aromatic heterocycles. The number of nitrogens with one attached hydrogen (secondary N) is 2. The van der Waals surface area contributed by atoms with E-state index >= 15 is 0 Å². The molecule has 1 aliphatic rings. The molecule has 40 heavy (non-hydrogen) atoms. The Kier molecular flexibility index (Phi) is 10.2. The molecular formula is C23H37N6O10P. The number of hydrogen-bond donors (Lipinski definition) is 4. The second kappa shape index (κ2) is 12.9. The van der Waals surface area contributed by atoms with Gasteiger partial charge in [-0.1, -0.05) is 0 Å². The average Bonchev–Trinajstić information content (AvgIpc) is 3.40. The van der Waals surface area contributed by atoms with Crippen LogP contribution in [0.25, 0.3) is 11.2 Å². The number of nitrogens with zero attached hydrogens (tertiary/aromatic N) is 4. The van der Waals surface area contributed by atoms with Crippen LogP contribution in [0.4, 0.5) is 0 Å². The van der Waals surface area contributed by atoms with Gasteiger partial charge in [-0.25, -0.2) is 20.1 Å². The molecule has 16 nitrogen and oxygen atoms in total. The van der Waals surface area contributed by atoms with Crippen LogP contribution >= 0.6 is 7.67 Å². The van der Waals surface area contributed by atoms with Gasteiger partial charge in [0.15, 0.2) is 17.4 Å². The molecule has 224 valence electrons. The van der Waals surface area contributed by atoms with E-state index in [9.17, 15) is 24.4 Å². The van der Waals surface area contributed by atoms with Crippen molar-refractivity contribution < 1.29 is 47.8 Å². The van der Waals surface area contributed by atoms with E-state index in [0.29, 0.717) is 17.0 Å². The van der Waals surface area contributed by atoms with Crippen molar-refractivity contribution in [3.05, 3.63) is 12.2 Å². The monoisotopic (exact) mass is 588 g/mol. The summed E-state index contributed by atoms with van der Waals surface area (Å²) in [6, 6.07) is -2.18. The third kappa shape index (κ3) is 6.77. The maximum atomic E-state index is 13.8. The quantitative estimate of drug-likeness (QED) is 0.184. The predicted octanol–water partition coefficient (Wildman–Crippen LogP) is 0.360. The lowest BCUT2D eigenvalue weighted by Gasteiger charge is -2.28. The first-order valence-electron chi connectivity index (χ1n) is 12.7. The number of aromatic nitrogens is 4. The first-order valence-corrected chi connectivity index (χ1v) is 14.3. The van der Waals surface area contributed by atoms with Crippen LogP contribution in [0.15, 0.2) is 6.33 Å². The fourth-order valence-corrected chi connectivity index (χ4v) is 5.94. The number of carbonyl (C=O) groups is 2. The molecule has 1 aliphatic heterocycles. The summed E-state index contributed by atoms with van der Waals surface area (Å²) in [6.07, 6.45) is -2.53. The summed E-state index contributed by atoms with van der Waals surface area (Å²) in [6.45, 7) is 8.77. The van der Waals surface area contributed by atoms with Crippen molar-refractivity contribution in [2.75, 3.05) is 26.9 Å². The molecule has 0 bridgehead atoms. The van der Waals surface area contributed by atoms with E-state index in [1.165, 1.54) is 38.8 Å². The van der Waals surface area contributed by atoms with E-state index in [-0.39, 0.29) is 19.1 Å². The number of imidazole rings is 1. The fourth-order valence-electron chi connectivity index (χ4n) is 4.13. The number of esters is 2. The summed E-state index contributed by atoms with van der Waals surface area (Å²) in [7, 11) is -2.74. The number of hydrogen-bond acceptors (Lipinski definition) is 13. The smallest absolute Gasteiger partial charge is 0.342 e. The maximum absolute atomic E-state index is 13.8. The Morgan fingerprint density at radius 2 is 1.75 bits per heavy atom. The highest BCUT2D eigenvalue weighted by Gasteiger charge is 2.54. The van der Waals surface area contributed by atoms with Crippen LogP contribution in [0.1, 0.15) is 46.7 Å². The Morgan fingerprint density at radius 3 is 2.27 bits per heavy atom. The third-order valence-corrected chi connectivity index (χ3v) is 8.10.